The maximum absolute atomic E-state index is 12.2. The summed E-state index contributed by atoms with van der Waals surface area (Å²) in [4.78, 5) is 25.1. The van der Waals surface area contributed by atoms with Gasteiger partial charge in [-0.2, -0.15) is 0 Å². The fourth-order valence-corrected chi connectivity index (χ4v) is 2.96. The highest BCUT2D eigenvalue weighted by atomic mass is 35.5. The summed E-state index contributed by atoms with van der Waals surface area (Å²) in [7, 11) is 0. The molecule has 1 saturated heterocycles. The van der Waals surface area contributed by atoms with E-state index in [4.69, 9.17) is 16.7 Å². The number of benzene rings is 1. The number of nitrogens with one attached hydrogen (secondary N) is 1. The molecular formula is C16H21ClN2O3. The Morgan fingerprint density at radius 1 is 1.41 bits per heavy atom. The van der Waals surface area contributed by atoms with Gasteiger partial charge in [0.05, 0.1) is 12.6 Å². The van der Waals surface area contributed by atoms with Crippen LogP contribution in [0.15, 0.2) is 24.3 Å². The molecule has 1 amide bonds. The Labute approximate surface area is 135 Å². The highest BCUT2D eigenvalue weighted by Crippen LogP contribution is 2.20. The van der Waals surface area contributed by atoms with Gasteiger partial charge < -0.3 is 10.4 Å². The van der Waals surface area contributed by atoms with Gasteiger partial charge in [-0.25, -0.2) is 0 Å². The van der Waals surface area contributed by atoms with E-state index in [0.717, 1.165) is 18.4 Å². The van der Waals surface area contributed by atoms with E-state index in [-0.39, 0.29) is 18.5 Å². The molecule has 2 rings (SSSR count). The molecule has 0 radical (unpaired) electrons. The third-order valence-electron chi connectivity index (χ3n) is 4.01. The Morgan fingerprint density at radius 2 is 2.09 bits per heavy atom. The number of amides is 1. The first-order valence-electron chi connectivity index (χ1n) is 7.53. The van der Waals surface area contributed by atoms with Crippen molar-refractivity contribution in [1.29, 1.82) is 0 Å². The van der Waals surface area contributed by atoms with Crippen LogP contribution in [-0.4, -0.2) is 41.0 Å². The first kappa shape index (κ1) is 16.8. The van der Waals surface area contributed by atoms with Crippen LogP contribution in [0.5, 0.6) is 0 Å². The standard InChI is InChI=1S/C16H21ClN2O3/c1-2-13(11-5-7-12(17)8-6-11)18-15(20)10-19-9-3-4-14(19)16(21)22/h5-8,13-14H,2-4,9-10H2,1H3,(H,18,20)(H,21,22)/t13?,14-/m1/s1. The summed E-state index contributed by atoms with van der Waals surface area (Å²) in [5.41, 5.74) is 0.997. The lowest BCUT2D eigenvalue weighted by Gasteiger charge is -2.23. The molecule has 120 valence electrons. The van der Waals surface area contributed by atoms with Gasteiger partial charge >= 0.3 is 5.97 Å². The van der Waals surface area contributed by atoms with Crippen LogP contribution in [-0.2, 0) is 9.59 Å². The predicted octanol–water partition coefficient (Wildman–Crippen LogP) is 2.46. The van der Waals surface area contributed by atoms with Crippen molar-refractivity contribution in [2.45, 2.75) is 38.3 Å². The SMILES string of the molecule is CCC(NC(=O)CN1CCC[C@@H]1C(=O)O)c1ccc(Cl)cc1. The van der Waals surface area contributed by atoms with Crippen LogP contribution in [0.4, 0.5) is 0 Å². The number of carboxylic acid groups (broad SMARTS) is 1. The molecule has 5 nitrogen and oxygen atoms in total. The summed E-state index contributed by atoms with van der Waals surface area (Å²) in [6.45, 7) is 2.78. The molecule has 1 heterocycles. The molecule has 1 aromatic carbocycles. The minimum atomic E-state index is -0.852. The molecule has 0 aliphatic carbocycles. The minimum Gasteiger partial charge on any atom is -0.480 e. The smallest absolute Gasteiger partial charge is 0.320 e. The lowest BCUT2D eigenvalue weighted by atomic mass is 10.0. The highest BCUT2D eigenvalue weighted by Gasteiger charge is 2.31. The van der Waals surface area contributed by atoms with E-state index in [1.165, 1.54) is 0 Å². The molecule has 22 heavy (non-hydrogen) atoms. The number of aliphatic carboxylic acids is 1. The molecule has 2 atom stereocenters. The fraction of sp³-hybridized carbons (Fsp3) is 0.500. The van der Waals surface area contributed by atoms with Gasteiger partial charge in [0, 0.05) is 5.02 Å². The number of halogens is 1. The molecule has 1 unspecified atom stereocenters. The molecule has 0 saturated carbocycles. The first-order chi connectivity index (χ1) is 10.5. The molecule has 1 fully saturated rings. The Balaban J connectivity index is 1.95. The third-order valence-corrected chi connectivity index (χ3v) is 4.26. The van der Waals surface area contributed by atoms with E-state index in [1.807, 2.05) is 19.1 Å². The number of hydrogen-bond donors (Lipinski definition) is 2. The molecule has 0 aromatic heterocycles. The van der Waals surface area contributed by atoms with Gasteiger partial charge in [0.1, 0.15) is 6.04 Å². The van der Waals surface area contributed by atoms with Crippen molar-refractivity contribution >= 4 is 23.5 Å². The highest BCUT2D eigenvalue weighted by molar-refractivity contribution is 6.30. The van der Waals surface area contributed by atoms with Crippen molar-refractivity contribution < 1.29 is 14.7 Å². The van der Waals surface area contributed by atoms with E-state index in [9.17, 15) is 9.59 Å². The average molecular weight is 325 g/mol. The monoisotopic (exact) mass is 324 g/mol. The van der Waals surface area contributed by atoms with E-state index in [2.05, 4.69) is 5.32 Å². The lowest BCUT2D eigenvalue weighted by molar-refractivity contribution is -0.142. The number of carbonyl (C=O) groups is 2. The average Bonchev–Trinajstić information content (AvgIpc) is 2.94. The van der Waals surface area contributed by atoms with Gasteiger partial charge in [-0.3, -0.25) is 14.5 Å². The van der Waals surface area contributed by atoms with Crippen LogP contribution in [0.1, 0.15) is 37.8 Å². The summed E-state index contributed by atoms with van der Waals surface area (Å²) in [5.74, 6) is -0.995. The zero-order valence-corrected chi connectivity index (χ0v) is 13.3. The van der Waals surface area contributed by atoms with Gasteiger partial charge in [0.15, 0.2) is 0 Å². The zero-order valence-electron chi connectivity index (χ0n) is 12.6. The molecule has 1 aromatic rings. The summed E-state index contributed by atoms with van der Waals surface area (Å²) >= 11 is 5.87. The molecule has 0 spiro atoms. The number of carbonyl (C=O) groups excluding carboxylic acids is 1. The minimum absolute atomic E-state index is 0.0874. The van der Waals surface area contributed by atoms with Gasteiger partial charge in [-0.15, -0.1) is 0 Å². The van der Waals surface area contributed by atoms with Crippen molar-refractivity contribution in [1.82, 2.24) is 10.2 Å². The van der Waals surface area contributed by atoms with Crippen molar-refractivity contribution in [3.8, 4) is 0 Å². The molecule has 0 bridgehead atoms. The van der Waals surface area contributed by atoms with Crippen molar-refractivity contribution in [2.75, 3.05) is 13.1 Å². The Hall–Kier alpha value is -1.59. The molecular weight excluding hydrogens is 304 g/mol. The molecule has 2 N–H and O–H groups in total. The normalized spacial score (nSPS) is 19.8. The quantitative estimate of drug-likeness (QED) is 0.843. The second kappa shape index (κ2) is 7.61. The topological polar surface area (TPSA) is 69.6 Å². The zero-order chi connectivity index (χ0) is 16.1. The Morgan fingerprint density at radius 3 is 2.68 bits per heavy atom. The summed E-state index contributed by atoms with van der Waals surface area (Å²) in [6, 6.07) is 6.76. The predicted molar refractivity (Wildman–Crippen MR) is 84.9 cm³/mol. The van der Waals surface area contributed by atoms with Crippen molar-refractivity contribution in [3.63, 3.8) is 0 Å². The Bertz CT molecular complexity index is 533. The van der Waals surface area contributed by atoms with Gasteiger partial charge in [0.25, 0.3) is 0 Å². The van der Waals surface area contributed by atoms with Crippen LogP contribution in [0.3, 0.4) is 0 Å². The summed E-state index contributed by atoms with van der Waals surface area (Å²) < 4.78 is 0. The van der Waals surface area contributed by atoms with Crippen molar-refractivity contribution in [3.05, 3.63) is 34.9 Å². The Kier molecular flexibility index (Phi) is 5.80. The maximum Gasteiger partial charge on any atom is 0.320 e. The molecule has 6 heteroatoms. The van der Waals surface area contributed by atoms with Gasteiger partial charge in [-0.05, 0) is 43.5 Å². The largest absolute Gasteiger partial charge is 0.480 e. The second-order valence-electron chi connectivity index (χ2n) is 5.55. The van der Waals surface area contributed by atoms with Crippen molar-refractivity contribution in [2.24, 2.45) is 0 Å². The molecule has 1 aliphatic heterocycles. The van der Waals surface area contributed by atoms with Gasteiger partial charge in [0.2, 0.25) is 5.91 Å². The first-order valence-corrected chi connectivity index (χ1v) is 7.90. The van der Waals surface area contributed by atoms with E-state index >= 15 is 0 Å². The van der Waals surface area contributed by atoms with E-state index < -0.39 is 12.0 Å². The van der Waals surface area contributed by atoms with Crippen LogP contribution in [0, 0.1) is 0 Å². The number of likely N-dealkylation sites (tertiary alicyclic amines) is 1. The van der Waals surface area contributed by atoms with Crippen LogP contribution >= 0.6 is 11.6 Å². The van der Waals surface area contributed by atoms with Crippen LogP contribution in [0.25, 0.3) is 0 Å². The number of nitrogens with zero attached hydrogens (tertiary/aromatic N) is 1. The maximum atomic E-state index is 12.2. The number of hydrogen-bond acceptors (Lipinski definition) is 3. The van der Waals surface area contributed by atoms with E-state index in [0.29, 0.717) is 18.0 Å². The van der Waals surface area contributed by atoms with E-state index in [1.54, 1.807) is 17.0 Å². The molecule has 1 aliphatic rings. The lowest BCUT2D eigenvalue weighted by Crippen LogP contribution is -2.43. The summed E-state index contributed by atoms with van der Waals surface area (Å²) in [6.07, 6.45) is 2.19. The fourth-order valence-electron chi connectivity index (χ4n) is 2.84. The third kappa shape index (κ3) is 4.21. The number of rotatable bonds is 6. The second-order valence-corrected chi connectivity index (χ2v) is 5.98. The van der Waals surface area contributed by atoms with Crippen LogP contribution < -0.4 is 5.32 Å². The van der Waals surface area contributed by atoms with Gasteiger partial charge in [-0.1, -0.05) is 30.7 Å². The summed E-state index contributed by atoms with van der Waals surface area (Å²) in [5, 5.41) is 12.8. The van der Waals surface area contributed by atoms with Crippen LogP contribution in [0.2, 0.25) is 5.02 Å². The number of carboxylic acids is 1.